The summed E-state index contributed by atoms with van der Waals surface area (Å²) in [4.78, 5) is 3.32. The second-order valence-electron chi connectivity index (χ2n) is 5.57. The van der Waals surface area contributed by atoms with E-state index in [4.69, 9.17) is 12.2 Å². The van der Waals surface area contributed by atoms with Crippen molar-refractivity contribution in [2.24, 2.45) is 0 Å². The van der Waals surface area contributed by atoms with Crippen molar-refractivity contribution in [3.8, 4) is 6.07 Å². The van der Waals surface area contributed by atoms with Crippen molar-refractivity contribution in [2.45, 2.75) is 38.5 Å². The number of aromatic amines is 1. The number of rotatable bonds is 3. The van der Waals surface area contributed by atoms with Gasteiger partial charge >= 0.3 is 0 Å². The molecule has 0 bridgehead atoms. The smallest absolute Gasteiger partial charge is 0.121 e. The minimum atomic E-state index is 0.612. The maximum Gasteiger partial charge on any atom is 0.121 e. The zero-order chi connectivity index (χ0) is 14.7. The highest BCUT2D eigenvalue weighted by Crippen LogP contribution is 2.27. The second-order valence-corrected chi connectivity index (χ2v) is 5.98. The van der Waals surface area contributed by atoms with Crippen LogP contribution in [-0.4, -0.2) is 4.98 Å². The van der Waals surface area contributed by atoms with Gasteiger partial charge in [0.2, 0.25) is 0 Å². The van der Waals surface area contributed by atoms with Crippen LogP contribution in [0, 0.1) is 16.0 Å². The molecule has 0 saturated carbocycles. The molecule has 3 heteroatoms. The van der Waals surface area contributed by atoms with Gasteiger partial charge in [-0.15, -0.1) is 0 Å². The van der Waals surface area contributed by atoms with Crippen LogP contribution in [0.3, 0.4) is 0 Å². The zero-order valence-electron chi connectivity index (χ0n) is 12.0. The molecule has 0 unspecified atom stereocenters. The fourth-order valence-corrected chi connectivity index (χ4v) is 3.46. The monoisotopic (exact) mass is 294 g/mol. The number of nitrogens with one attached hydrogen (secondary N) is 1. The summed E-state index contributed by atoms with van der Waals surface area (Å²) in [5, 5.41) is 9.34. The summed E-state index contributed by atoms with van der Waals surface area (Å²) in [6.45, 7) is 0. The van der Waals surface area contributed by atoms with Gasteiger partial charge in [-0.2, -0.15) is 5.26 Å². The molecule has 0 fully saturated rings. The van der Waals surface area contributed by atoms with Gasteiger partial charge in [0.15, 0.2) is 0 Å². The average Bonchev–Trinajstić information content (AvgIpc) is 2.54. The van der Waals surface area contributed by atoms with Crippen molar-refractivity contribution in [1.29, 1.82) is 5.26 Å². The topological polar surface area (TPSA) is 39.6 Å². The normalized spacial score (nSPS) is 13.5. The van der Waals surface area contributed by atoms with Crippen molar-refractivity contribution in [3.63, 3.8) is 0 Å². The Kier molecular flexibility index (Phi) is 4.17. The molecule has 0 spiro atoms. The molecule has 106 valence electrons. The van der Waals surface area contributed by atoms with Crippen LogP contribution >= 0.6 is 12.2 Å². The lowest BCUT2D eigenvalue weighted by Crippen LogP contribution is -2.12. The van der Waals surface area contributed by atoms with Crippen molar-refractivity contribution in [2.75, 3.05) is 0 Å². The lowest BCUT2D eigenvalue weighted by atomic mass is 9.87. The van der Waals surface area contributed by atoms with Crippen molar-refractivity contribution < 1.29 is 0 Å². The minimum absolute atomic E-state index is 0.612. The van der Waals surface area contributed by atoms with E-state index in [1.807, 2.05) is 6.07 Å². The first-order chi connectivity index (χ1) is 10.3. The van der Waals surface area contributed by atoms with Crippen LogP contribution in [0.2, 0.25) is 0 Å². The van der Waals surface area contributed by atoms with E-state index in [-0.39, 0.29) is 0 Å². The summed E-state index contributed by atoms with van der Waals surface area (Å²) in [5.41, 5.74) is 5.82. The maximum atomic E-state index is 9.34. The number of H-pyrrole nitrogens is 1. The molecule has 0 atom stereocenters. The van der Waals surface area contributed by atoms with Gasteiger partial charge < -0.3 is 4.98 Å². The number of nitriles is 1. The Bertz CT molecular complexity index is 738. The van der Waals surface area contributed by atoms with Crippen molar-refractivity contribution in [3.05, 3.63) is 62.9 Å². The second kappa shape index (κ2) is 6.24. The van der Waals surface area contributed by atoms with E-state index in [0.29, 0.717) is 10.2 Å². The lowest BCUT2D eigenvalue weighted by Gasteiger charge is -2.20. The Labute approximate surface area is 130 Å². The third kappa shape index (κ3) is 2.91. The molecule has 0 aliphatic heterocycles. The first-order valence-electron chi connectivity index (χ1n) is 7.50. The third-order valence-electron chi connectivity index (χ3n) is 4.24. The Morgan fingerprint density at radius 1 is 1.05 bits per heavy atom. The molecule has 1 aromatic carbocycles. The number of benzene rings is 1. The molecule has 0 amide bonds. The molecule has 3 rings (SSSR count). The molecule has 0 saturated heterocycles. The SMILES string of the molecule is N#Cc1c2c(c(CCc3ccccc3)[nH]c1=S)CCCC2. The summed E-state index contributed by atoms with van der Waals surface area (Å²) >= 11 is 5.38. The highest BCUT2D eigenvalue weighted by molar-refractivity contribution is 7.71. The molecule has 21 heavy (non-hydrogen) atoms. The van der Waals surface area contributed by atoms with Crippen LogP contribution < -0.4 is 0 Å². The number of pyridine rings is 1. The zero-order valence-corrected chi connectivity index (χ0v) is 12.8. The predicted molar refractivity (Wildman–Crippen MR) is 86.8 cm³/mol. The molecule has 1 heterocycles. The summed E-state index contributed by atoms with van der Waals surface area (Å²) in [5.74, 6) is 0. The van der Waals surface area contributed by atoms with E-state index in [0.717, 1.165) is 25.7 Å². The van der Waals surface area contributed by atoms with Crippen LogP contribution in [0.1, 0.15) is 40.8 Å². The van der Waals surface area contributed by atoms with Gasteiger partial charge in [-0.3, -0.25) is 0 Å². The largest absolute Gasteiger partial charge is 0.349 e. The molecule has 2 nitrogen and oxygen atoms in total. The first kappa shape index (κ1) is 14.0. The Balaban J connectivity index is 1.94. The highest BCUT2D eigenvalue weighted by Gasteiger charge is 2.18. The molecule has 0 radical (unpaired) electrons. The van der Waals surface area contributed by atoms with E-state index >= 15 is 0 Å². The number of aryl methyl sites for hydroxylation is 2. The number of nitrogens with zero attached hydrogens (tertiary/aromatic N) is 1. The van der Waals surface area contributed by atoms with Gasteiger partial charge in [-0.05, 0) is 55.2 Å². The van der Waals surface area contributed by atoms with Crippen LogP contribution in [0.5, 0.6) is 0 Å². The quantitative estimate of drug-likeness (QED) is 0.858. The van der Waals surface area contributed by atoms with Gasteiger partial charge in [-0.1, -0.05) is 42.5 Å². The van der Waals surface area contributed by atoms with Crippen LogP contribution in [0.15, 0.2) is 30.3 Å². The standard InChI is InChI=1S/C18H18N2S/c19-12-16-14-8-4-5-9-15(14)17(20-18(16)21)11-10-13-6-2-1-3-7-13/h1-3,6-7H,4-5,8-11H2,(H,20,21). The van der Waals surface area contributed by atoms with Crippen LogP contribution in [0.25, 0.3) is 0 Å². The van der Waals surface area contributed by atoms with E-state index in [9.17, 15) is 5.26 Å². The van der Waals surface area contributed by atoms with Gasteiger partial charge in [-0.25, -0.2) is 0 Å². The van der Waals surface area contributed by atoms with Gasteiger partial charge in [0, 0.05) is 5.69 Å². The molecule has 1 N–H and O–H groups in total. The minimum Gasteiger partial charge on any atom is -0.349 e. The fraction of sp³-hybridized carbons (Fsp3) is 0.333. The predicted octanol–water partition coefficient (Wildman–Crippen LogP) is 4.28. The Morgan fingerprint density at radius 3 is 2.48 bits per heavy atom. The van der Waals surface area contributed by atoms with Crippen molar-refractivity contribution in [1.82, 2.24) is 4.98 Å². The molecule has 1 aliphatic carbocycles. The lowest BCUT2D eigenvalue weighted by molar-refractivity contribution is 0.667. The summed E-state index contributed by atoms with van der Waals surface area (Å²) in [6, 6.07) is 12.8. The van der Waals surface area contributed by atoms with Gasteiger partial charge in [0.1, 0.15) is 10.7 Å². The molecule has 2 aromatic rings. The van der Waals surface area contributed by atoms with Crippen LogP contribution in [-0.2, 0) is 25.7 Å². The van der Waals surface area contributed by atoms with E-state index in [2.05, 4.69) is 35.3 Å². The molecular formula is C18H18N2S. The number of hydrogen-bond acceptors (Lipinski definition) is 2. The third-order valence-corrected chi connectivity index (χ3v) is 4.55. The van der Waals surface area contributed by atoms with E-state index in [1.165, 1.54) is 35.2 Å². The van der Waals surface area contributed by atoms with Gasteiger partial charge in [0.25, 0.3) is 0 Å². The summed E-state index contributed by atoms with van der Waals surface area (Å²) < 4.78 is 0.612. The van der Waals surface area contributed by atoms with E-state index < -0.39 is 0 Å². The van der Waals surface area contributed by atoms with Crippen molar-refractivity contribution >= 4 is 12.2 Å². The fourth-order valence-electron chi connectivity index (χ4n) is 3.17. The van der Waals surface area contributed by atoms with E-state index in [1.54, 1.807) is 0 Å². The summed E-state index contributed by atoms with van der Waals surface area (Å²) in [6.07, 6.45) is 6.40. The van der Waals surface area contributed by atoms with Gasteiger partial charge in [0.05, 0.1) is 5.56 Å². The highest BCUT2D eigenvalue weighted by atomic mass is 32.1. The summed E-state index contributed by atoms with van der Waals surface area (Å²) in [7, 11) is 0. The average molecular weight is 294 g/mol. The molecular weight excluding hydrogens is 276 g/mol. The number of hydrogen-bond donors (Lipinski definition) is 1. The number of fused-ring (bicyclic) bond motifs is 1. The molecule has 1 aromatic heterocycles. The number of aromatic nitrogens is 1. The Morgan fingerprint density at radius 2 is 1.76 bits per heavy atom. The first-order valence-corrected chi connectivity index (χ1v) is 7.91. The molecule has 1 aliphatic rings. The van der Waals surface area contributed by atoms with Crippen LogP contribution in [0.4, 0.5) is 0 Å². The Hall–Kier alpha value is -1.92. The maximum absolute atomic E-state index is 9.34.